The van der Waals surface area contributed by atoms with E-state index in [4.69, 9.17) is 9.47 Å². The van der Waals surface area contributed by atoms with Gasteiger partial charge >= 0.3 is 11.9 Å². The van der Waals surface area contributed by atoms with Crippen LogP contribution < -0.4 is 5.32 Å². The first-order chi connectivity index (χ1) is 14.8. The van der Waals surface area contributed by atoms with Gasteiger partial charge in [0.15, 0.2) is 0 Å². The minimum atomic E-state index is -1.02. The van der Waals surface area contributed by atoms with Crippen molar-refractivity contribution in [1.29, 1.82) is 0 Å². The number of unbranched alkanes of at least 4 members (excludes halogenated alkanes) is 5. The molecule has 31 heavy (non-hydrogen) atoms. The number of thioether (sulfide) groups is 1. The van der Waals surface area contributed by atoms with Crippen LogP contribution in [0, 0.1) is 0 Å². The van der Waals surface area contributed by atoms with Crippen molar-refractivity contribution in [1.82, 2.24) is 5.32 Å². The second-order valence-corrected chi connectivity index (χ2v) is 9.13. The molecule has 0 bridgehead atoms. The van der Waals surface area contributed by atoms with Gasteiger partial charge in [0.2, 0.25) is 5.91 Å². The maximum Gasteiger partial charge on any atom is 0.302 e. The molecule has 0 heterocycles. The molecule has 0 saturated carbocycles. The highest BCUT2D eigenvalue weighted by molar-refractivity contribution is 7.99. The van der Waals surface area contributed by atoms with Gasteiger partial charge in [-0.3, -0.25) is 14.4 Å². The third kappa shape index (κ3) is 12.4. The summed E-state index contributed by atoms with van der Waals surface area (Å²) in [6, 6.07) is 8.13. The Labute approximate surface area is 190 Å². The van der Waals surface area contributed by atoms with Gasteiger partial charge in [-0.15, -0.1) is 11.8 Å². The molecule has 1 rings (SSSR count). The molecule has 0 aromatic heterocycles. The second-order valence-electron chi connectivity index (χ2n) is 7.96. The lowest BCUT2D eigenvalue weighted by Gasteiger charge is -2.33. The molecule has 174 valence electrons. The Balaban J connectivity index is 2.73. The average Bonchev–Trinajstić information content (AvgIpc) is 2.71. The lowest BCUT2D eigenvalue weighted by molar-refractivity contribution is -0.150. The predicted molar refractivity (Wildman–Crippen MR) is 124 cm³/mol. The summed E-state index contributed by atoms with van der Waals surface area (Å²) >= 11 is 1.84. The largest absolute Gasteiger partial charge is 0.463 e. The summed E-state index contributed by atoms with van der Waals surface area (Å²) < 4.78 is 10.4. The fourth-order valence-electron chi connectivity index (χ4n) is 3.28. The van der Waals surface area contributed by atoms with Gasteiger partial charge in [0.05, 0.1) is 0 Å². The van der Waals surface area contributed by atoms with E-state index in [1.165, 1.54) is 64.2 Å². The number of carbonyl (C=O) groups excluding carboxylic acids is 3. The first-order valence-electron chi connectivity index (χ1n) is 11.0. The molecule has 0 aliphatic heterocycles. The number of amides is 1. The van der Waals surface area contributed by atoms with Crippen molar-refractivity contribution in [3.63, 3.8) is 0 Å². The molecular weight excluding hydrogens is 414 g/mol. The standard InChI is InChI=1S/C24H37NO5S/c1-5-6-7-8-9-10-15-31-23-13-11-22(12-14-23)16-24(25-19(2)26,17-29-20(3)27)18-30-21(4)28/h11-14H,5-10,15-18H2,1-4H3,(H,25,26). The average molecular weight is 452 g/mol. The molecule has 0 aliphatic rings. The number of esters is 2. The molecule has 7 heteroatoms. The Bertz CT molecular complexity index is 672. The van der Waals surface area contributed by atoms with Gasteiger partial charge < -0.3 is 14.8 Å². The van der Waals surface area contributed by atoms with Crippen molar-refractivity contribution in [2.24, 2.45) is 0 Å². The van der Waals surface area contributed by atoms with Crippen molar-refractivity contribution in [3.05, 3.63) is 29.8 Å². The SMILES string of the molecule is CCCCCCCCSc1ccc(CC(COC(C)=O)(COC(C)=O)NC(C)=O)cc1. The quantitative estimate of drug-likeness (QED) is 0.237. The van der Waals surface area contributed by atoms with Gasteiger partial charge in [0.25, 0.3) is 0 Å². The van der Waals surface area contributed by atoms with E-state index >= 15 is 0 Å². The van der Waals surface area contributed by atoms with Crippen LogP contribution >= 0.6 is 11.8 Å². The van der Waals surface area contributed by atoms with Crippen LogP contribution in [0.3, 0.4) is 0 Å². The fraction of sp³-hybridized carbons (Fsp3) is 0.625. The number of ether oxygens (including phenoxy) is 2. The molecule has 0 atom stereocenters. The monoisotopic (exact) mass is 451 g/mol. The minimum Gasteiger partial charge on any atom is -0.463 e. The lowest BCUT2D eigenvalue weighted by atomic mass is 9.92. The molecule has 0 aliphatic carbocycles. The Morgan fingerprint density at radius 2 is 1.42 bits per heavy atom. The number of hydrogen-bond acceptors (Lipinski definition) is 6. The number of nitrogens with one attached hydrogen (secondary N) is 1. The topological polar surface area (TPSA) is 81.7 Å². The maximum atomic E-state index is 11.8. The highest BCUT2D eigenvalue weighted by Crippen LogP contribution is 2.23. The number of benzene rings is 1. The molecule has 0 radical (unpaired) electrons. The molecule has 1 aromatic rings. The zero-order valence-electron chi connectivity index (χ0n) is 19.3. The van der Waals surface area contributed by atoms with Crippen LogP contribution in [0.5, 0.6) is 0 Å². The van der Waals surface area contributed by atoms with Crippen LogP contribution in [0.1, 0.15) is 71.8 Å². The van der Waals surface area contributed by atoms with Crippen molar-refractivity contribution in [3.8, 4) is 0 Å². The Morgan fingerprint density at radius 3 is 1.94 bits per heavy atom. The summed E-state index contributed by atoms with van der Waals surface area (Å²) in [4.78, 5) is 35.8. The van der Waals surface area contributed by atoms with Crippen LogP contribution in [-0.4, -0.2) is 42.4 Å². The van der Waals surface area contributed by atoms with E-state index in [1.54, 1.807) is 0 Å². The zero-order chi connectivity index (χ0) is 23.1. The highest BCUT2D eigenvalue weighted by atomic mass is 32.2. The summed E-state index contributed by atoms with van der Waals surface area (Å²) in [5, 5.41) is 2.83. The molecule has 0 saturated heterocycles. The van der Waals surface area contributed by atoms with E-state index in [9.17, 15) is 14.4 Å². The fourth-order valence-corrected chi connectivity index (χ4v) is 4.19. The third-order valence-corrected chi connectivity index (χ3v) is 5.88. The van der Waals surface area contributed by atoms with Gasteiger partial charge in [-0.1, -0.05) is 51.2 Å². The van der Waals surface area contributed by atoms with Crippen LogP contribution in [0.15, 0.2) is 29.2 Å². The van der Waals surface area contributed by atoms with Gasteiger partial charge in [-0.2, -0.15) is 0 Å². The van der Waals surface area contributed by atoms with Crippen molar-refractivity contribution in [2.45, 2.75) is 83.1 Å². The Hall–Kier alpha value is -2.02. The van der Waals surface area contributed by atoms with Crippen molar-refractivity contribution < 1.29 is 23.9 Å². The maximum absolute atomic E-state index is 11.8. The summed E-state index contributed by atoms with van der Waals surface area (Å²) in [6.45, 7) is 6.07. The van der Waals surface area contributed by atoms with E-state index in [0.717, 1.165) is 11.3 Å². The lowest BCUT2D eigenvalue weighted by Crippen LogP contribution is -2.56. The molecular formula is C24H37NO5S. The predicted octanol–water partition coefficient (Wildman–Crippen LogP) is 4.68. The van der Waals surface area contributed by atoms with Crippen LogP contribution in [0.25, 0.3) is 0 Å². The number of carbonyl (C=O) groups is 3. The summed E-state index contributed by atoms with van der Waals surface area (Å²) in [7, 11) is 0. The minimum absolute atomic E-state index is 0.0796. The summed E-state index contributed by atoms with van der Waals surface area (Å²) in [5.74, 6) is -0.108. The van der Waals surface area contributed by atoms with E-state index < -0.39 is 17.5 Å². The van der Waals surface area contributed by atoms with E-state index in [0.29, 0.717) is 6.42 Å². The number of rotatable bonds is 15. The van der Waals surface area contributed by atoms with Crippen LogP contribution in [0.4, 0.5) is 0 Å². The molecule has 0 fully saturated rings. The summed E-state index contributed by atoms with van der Waals surface area (Å²) in [6.07, 6.45) is 8.09. The van der Waals surface area contributed by atoms with Gasteiger partial charge in [0.1, 0.15) is 18.8 Å². The smallest absolute Gasteiger partial charge is 0.302 e. The van der Waals surface area contributed by atoms with E-state index in [-0.39, 0.29) is 19.1 Å². The first kappa shape index (κ1) is 27.0. The van der Waals surface area contributed by atoms with E-state index in [2.05, 4.69) is 24.4 Å². The molecule has 1 N–H and O–H groups in total. The molecule has 6 nitrogen and oxygen atoms in total. The van der Waals surface area contributed by atoms with Gasteiger partial charge in [-0.25, -0.2) is 0 Å². The van der Waals surface area contributed by atoms with Crippen LogP contribution in [-0.2, 0) is 30.3 Å². The highest BCUT2D eigenvalue weighted by Gasteiger charge is 2.34. The number of hydrogen-bond donors (Lipinski definition) is 1. The molecule has 0 unspecified atom stereocenters. The molecule has 1 amide bonds. The van der Waals surface area contributed by atoms with Gasteiger partial charge in [-0.05, 0) is 29.9 Å². The Kier molecular flexibility index (Phi) is 13.0. The van der Waals surface area contributed by atoms with Gasteiger partial charge in [0, 0.05) is 32.1 Å². The van der Waals surface area contributed by atoms with Crippen molar-refractivity contribution in [2.75, 3.05) is 19.0 Å². The Morgan fingerprint density at radius 1 is 0.871 bits per heavy atom. The van der Waals surface area contributed by atoms with E-state index in [1.807, 2.05) is 23.9 Å². The normalized spacial score (nSPS) is 11.1. The first-order valence-corrected chi connectivity index (χ1v) is 12.0. The molecule has 1 aromatic carbocycles. The van der Waals surface area contributed by atoms with Crippen molar-refractivity contribution >= 4 is 29.6 Å². The second kappa shape index (κ2) is 14.9. The van der Waals surface area contributed by atoms with Crippen LogP contribution in [0.2, 0.25) is 0 Å². The zero-order valence-corrected chi connectivity index (χ0v) is 20.1. The molecule has 0 spiro atoms. The summed E-state index contributed by atoms with van der Waals surface area (Å²) in [5.41, 5.74) is -0.0620. The third-order valence-electron chi connectivity index (χ3n) is 4.78.